The van der Waals surface area contributed by atoms with Crippen LogP contribution in [0.25, 0.3) is 0 Å². The van der Waals surface area contributed by atoms with Gasteiger partial charge in [0.2, 0.25) is 0 Å². The van der Waals surface area contributed by atoms with Gasteiger partial charge in [-0.3, -0.25) is 11.3 Å². The Morgan fingerprint density at radius 2 is 2.07 bits per heavy atom. The van der Waals surface area contributed by atoms with E-state index in [0.717, 1.165) is 11.1 Å². The highest BCUT2D eigenvalue weighted by Crippen LogP contribution is 2.20. The van der Waals surface area contributed by atoms with Crippen molar-refractivity contribution in [2.24, 2.45) is 5.84 Å². The molecule has 15 heavy (non-hydrogen) atoms. The van der Waals surface area contributed by atoms with Gasteiger partial charge in [-0.15, -0.1) is 0 Å². The largest absolute Gasteiger partial charge is 0.380 e. The van der Waals surface area contributed by atoms with E-state index in [9.17, 15) is 4.39 Å². The Bertz CT molecular complexity index is 310. The average Bonchev–Trinajstić information content (AvgIpc) is 2.17. The van der Waals surface area contributed by atoms with E-state index < -0.39 is 0 Å². The van der Waals surface area contributed by atoms with Crippen molar-refractivity contribution in [1.29, 1.82) is 0 Å². The van der Waals surface area contributed by atoms with Gasteiger partial charge in [-0.05, 0) is 37.1 Å². The predicted octanol–water partition coefficient (Wildman–Crippen LogP) is 1.67. The summed E-state index contributed by atoms with van der Waals surface area (Å²) in [6, 6.07) is 4.63. The second-order valence-electron chi connectivity index (χ2n) is 3.65. The van der Waals surface area contributed by atoms with Gasteiger partial charge >= 0.3 is 0 Å². The fourth-order valence-electron chi connectivity index (χ4n) is 1.58. The third-order valence-corrected chi connectivity index (χ3v) is 2.44. The third-order valence-electron chi connectivity index (χ3n) is 2.44. The van der Waals surface area contributed by atoms with Crippen LogP contribution in [0.1, 0.15) is 24.1 Å². The van der Waals surface area contributed by atoms with E-state index in [4.69, 9.17) is 10.6 Å². The first-order valence-electron chi connectivity index (χ1n) is 4.84. The van der Waals surface area contributed by atoms with Crippen LogP contribution in [0.15, 0.2) is 18.2 Å². The van der Waals surface area contributed by atoms with Gasteiger partial charge in [0.25, 0.3) is 0 Å². The summed E-state index contributed by atoms with van der Waals surface area (Å²) >= 11 is 0. The SMILES string of the molecule is COC(C)C(NN)c1cc(C)cc(F)c1. The molecule has 0 bridgehead atoms. The van der Waals surface area contributed by atoms with Crippen LogP contribution < -0.4 is 11.3 Å². The molecule has 0 fully saturated rings. The van der Waals surface area contributed by atoms with Crippen molar-refractivity contribution in [3.05, 3.63) is 35.1 Å². The maximum absolute atomic E-state index is 13.2. The number of rotatable bonds is 4. The summed E-state index contributed by atoms with van der Waals surface area (Å²) in [6.07, 6.45) is -0.115. The average molecular weight is 212 g/mol. The highest BCUT2D eigenvalue weighted by atomic mass is 19.1. The molecule has 0 aliphatic rings. The molecule has 0 spiro atoms. The molecule has 0 aliphatic heterocycles. The second kappa shape index (κ2) is 5.21. The lowest BCUT2D eigenvalue weighted by Crippen LogP contribution is -2.36. The van der Waals surface area contributed by atoms with Crippen molar-refractivity contribution < 1.29 is 9.13 Å². The van der Waals surface area contributed by atoms with Crippen LogP contribution in [-0.4, -0.2) is 13.2 Å². The van der Waals surface area contributed by atoms with Gasteiger partial charge in [0.15, 0.2) is 0 Å². The number of benzene rings is 1. The fourth-order valence-corrected chi connectivity index (χ4v) is 1.58. The zero-order valence-electron chi connectivity index (χ0n) is 9.25. The highest BCUT2D eigenvalue weighted by Gasteiger charge is 2.18. The number of methoxy groups -OCH3 is 1. The Morgan fingerprint density at radius 1 is 1.40 bits per heavy atom. The van der Waals surface area contributed by atoms with Crippen LogP contribution in [0, 0.1) is 12.7 Å². The summed E-state index contributed by atoms with van der Waals surface area (Å²) < 4.78 is 18.4. The quantitative estimate of drug-likeness (QED) is 0.589. The fraction of sp³-hybridized carbons (Fsp3) is 0.455. The summed E-state index contributed by atoms with van der Waals surface area (Å²) in [6.45, 7) is 3.72. The summed E-state index contributed by atoms with van der Waals surface area (Å²) in [5.41, 5.74) is 4.30. The van der Waals surface area contributed by atoms with Gasteiger partial charge < -0.3 is 4.74 Å². The van der Waals surface area contributed by atoms with Gasteiger partial charge in [-0.1, -0.05) is 6.07 Å². The van der Waals surface area contributed by atoms with Gasteiger partial charge in [0, 0.05) is 7.11 Å². The molecule has 0 saturated carbocycles. The normalized spacial score (nSPS) is 15.0. The first-order valence-corrected chi connectivity index (χ1v) is 4.84. The Kier molecular flexibility index (Phi) is 4.20. The standard InChI is InChI=1S/C11H17FN2O/c1-7-4-9(6-10(12)5-7)11(14-13)8(2)15-3/h4-6,8,11,14H,13H2,1-3H3. The van der Waals surface area contributed by atoms with Crippen molar-refractivity contribution in [1.82, 2.24) is 5.43 Å². The summed E-state index contributed by atoms with van der Waals surface area (Å²) in [4.78, 5) is 0. The van der Waals surface area contributed by atoms with Crippen molar-refractivity contribution in [2.45, 2.75) is 26.0 Å². The van der Waals surface area contributed by atoms with Gasteiger partial charge in [0.05, 0.1) is 12.1 Å². The molecule has 0 aliphatic carbocycles. The first-order chi connectivity index (χ1) is 7.08. The van der Waals surface area contributed by atoms with E-state index in [-0.39, 0.29) is 18.0 Å². The molecule has 4 heteroatoms. The Morgan fingerprint density at radius 3 is 2.53 bits per heavy atom. The van der Waals surface area contributed by atoms with Gasteiger partial charge in [0.1, 0.15) is 5.82 Å². The maximum atomic E-state index is 13.2. The molecule has 1 rings (SSSR count). The Balaban J connectivity index is 3.01. The minimum Gasteiger partial charge on any atom is -0.380 e. The number of ether oxygens (including phenoxy) is 1. The van der Waals surface area contributed by atoms with E-state index in [1.807, 2.05) is 19.9 Å². The first kappa shape index (κ1) is 12.1. The lowest BCUT2D eigenvalue weighted by atomic mass is 10.0. The van der Waals surface area contributed by atoms with Crippen molar-refractivity contribution in [3.8, 4) is 0 Å². The van der Waals surface area contributed by atoms with E-state index in [1.54, 1.807) is 7.11 Å². The molecule has 1 aromatic carbocycles. The molecule has 3 N–H and O–H groups in total. The number of halogens is 1. The third kappa shape index (κ3) is 2.99. The topological polar surface area (TPSA) is 47.3 Å². The van der Waals surface area contributed by atoms with Crippen LogP contribution >= 0.6 is 0 Å². The second-order valence-corrected chi connectivity index (χ2v) is 3.65. The highest BCUT2D eigenvalue weighted by molar-refractivity contribution is 5.26. The van der Waals surface area contributed by atoms with Gasteiger partial charge in [-0.2, -0.15) is 0 Å². The zero-order chi connectivity index (χ0) is 11.4. The molecular weight excluding hydrogens is 195 g/mol. The molecule has 84 valence electrons. The maximum Gasteiger partial charge on any atom is 0.123 e. The predicted molar refractivity (Wildman–Crippen MR) is 57.7 cm³/mol. The smallest absolute Gasteiger partial charge is 0.123 e. The lowest BCUT2D eigenvalue weighted by Gasteiger charge is -2.22. The summed E-state index contributed by atoms with van der Waals surface area (Å²) in [7, 11) is 1.60. The van der Waals surface area contributed by atoms with E-state index in [2.05, 4.69) is 5.43 Å². The molecule has 3 nitrogen and oxygen atoms in total. The number of hydrazine groups is 1. The Labute approximate surface area is 89.4 Å². The number of nitrogens with one attached hydrogen (secondary N) is 1. The molecule has 1 aromatic rings. The molecular formula is C11H17FN2O. The number of nitrogens with two attached hydrogens (primary N) is 1. The summed E-state index contributed by atoms with van der Waals surface area (Å²) in [5, 5.41) is 0. The van der Waals surface area contributed by atoms with Crippen molar-refractivity contribution in [2.75, 3.05) is 7.11 Å². The molecule has 0 aromatic heterocycles. The molecule has 2 unspecified atom stereocenters. The molecule has 0 saturated heterocycles. The van der Waals surface area contributed by atoms with Crippen LogP contribution in [0.3, 0.4) is 0 Å². The molecule has 0 heterocycles. The van der Waals surface area contributed by atoms with Crippen LogP contribution in [0.2, 0.25) is 0 Å². The Hall–Kier alpha value is -0.970. The van der Waals surface area contributed by atoms with Gasteiger partial charge in [-0.25, -0.2) is 4.39 Å². The minimum absolute atomic E-state index is 0.115. The minimum atomic E-state index is -0.256. The number of aryl methyl sites for hydroxylation is 1. The van der Waals surface area contributed by atoms with Crippen molar-refractivity contribution >= 4 is 0 Å². The van der Waals surface area contributed by atoms with E-state index in [1.165, 1.54) is 12.1 Å². The van der Waals surface area contributed by atoms with Crippen molar-refractivity contribution in [3.63, 3.8) is 0 Å². The number of hydrogen-bond acceptors (Lipinski definition) is 3. The molecule has 0 amide bonds. The van der Waals surface area contributed by atoms with E-state index in [0.29, 0.717) is 0 Å². The zero-order valence-corrected chi connectivity index (χ0v) is 9.25. The molecule has 0 radical (unpaired) electrons. The van der Waals surface area contributed by atoms with E-state index >= 15 is 0 Å². The monoisotopic (exact) mass is 212 g/mol. The van der Waals surface area contributed by atoms with Crippen LogP contribution in [0.4, 0.5) is 4.39 Å². The summed E-state index contributed by atoms with van der Waals surface area (Å²) in [5.74, 6) is 5.17. The molecule has 2 atom stereocenters. The van der Waals surface area contributed by atoms with Crippen LogP contribution in [0.5, 0.6) is 0 Å². The lowest BCUT2D eigenvalue weighted by molar-refractivity contribution is 0.0830. The van der Waals surface area contributed by atoms with Crippen LogP contribution in [-0.2, 0) is 4.74 Å². The number of hydrogen-bond donors (Lipinski definition) is 2.